The minimum atomic E-state index is -0.0138. The van der Waals surface area contributed by atoms with E-state index in [2.05, 4.69) is 34.3 Å². The number of aromatic nitrogens is 1. The summed E-state index contributed by atoms with van der Waals surface area (Å²) in [5, 5.41) is 6.22. The van der Waals surface area contributed by atoms with Crippen LogP contribution >= 0.6 is 11.3 Å². The van der Waals surface area contributed by atoms with E-state index in [1.165, 1.54) is 0 Å². The Labute approximate surface area is 193 Å². The highest BCUT2D eigenvalue weighted by Crippen LogP contribution is 2.29. The number of hydrogen-bond donors (Lipinski definition) is 1. The summed E-state index contributed by atoms with van der Waals surface area (Å²) < 4.78 is 7.48. The van der Waals surface area contributed by atoms with Crippen LogP contribution in [0.25, 0.3) is 10.2 Å². The lowest BCUT2D eigenvalue weighted by atomic mass is 9.95. The fourth-order valence-corrected chi connectivity index (χ4v) is 5.13. The number of methoxy groups -OCH3 is 1. The van der Waals surface area contributed by atoms with E-state index >= 15 is 0 Å². The second-order valence-corrected chi connectivity index (χ2v) is 9.43. The number of rotatable bonds is 7. The van der Waals surface area contributed by atoms with Gasteiger partial charge in [0.05, 0.1) is 7.11 Å². The standard InChI is InChI=1S/C25H31N3O3S/c1-4-17(2)26-23(29)19-8-11-27(12-9-19)24(30)22-15-20-10-13-32-25(20)28(22)16-18-6-5-7-21(14-18)31-3/h5-7,10,13-15,17,19H,4,8-9,11-12,16H2,1-3H3,(H,26,29)/t17-/m0/s1. The van der Waals surface area contributed by atoms with Crippen LogP contribution in [0.4, 0.5) is 0 Å². The molecule has 1 atom stereocenters. The van der Waals surface area contributed by atoms with Gasteiger partial charge in [-0.15, -0.1) is 11.3 Å². The molecule has 32 heavy (non-hydrogen) atoms. The molecule has 2 aromatic heterocycles. The van der Waals surface area contributed by atoms with E-state index in [1.807, 2.05) is 36.1 Å². The Hall–Kier alpha value is -2.80. The van der Waals surface area contributed by atoms with Crippen LogP contribution in [0.5, 0.6) is 5.75 Å². The van der Waals surface area contributed by atoms with Gasteiger partial charge in [0, 0.05) is 37.0 Å². The number of carbonyl (C=O) groups excluding carboxylic acids is 2. The van der Waals surface area contributed by atoms with Gasteiger partial charge in [0.1, 0.15) is 16.3 Å². The molecule has 0 unspecified atom stereocenters. The molecule has 0 spiro atoms. The van der Waals surface area contributed by atoms with Crippen LogP contribution in [0, 0.1) is 5.92 Å². The van der Waals surface area contributed by atoms with E-state index in [0.717, 1.165) is 28.0 Å². The van der Waals surface area contributed by atoms with E-state index in [1.54, 1.807) is 18.4 Å². The van der Waals surface area contributed by atoms with Crippen LogP contribution < -0.4 is 10.1 Å². The van der Waals surface area contributed by atoms with Crippen molar-refractivity contribution in [2.24, 2.45) is 5.92 Å². The molecular formula is C25H31N3O3S. The zero-order chi connectivity index (χ0) is 22.7. The van der Waals surface area contributed by atoms with Gasteiger partial charge < -0.3 is 19.5 Å². The lowest BCUT2D eigenvalue weighted by molar-refractivity contribution is -0.126. The molecule has 0 bridgehead atoms. The fraction of sp³-hybridized carbons (Fsp3) is 0.440. The second-order valence-electron chi connectivity index (χ2n) is 8.53. The molecule has 170 valence electrons. The monoisotopic (exact) mass is 453 g/mol. The molecule has 4 rings (SSSR count). The minimum absolute atomic E-state index is 0.0138. The van der Waals surface area contributed by atoms with E-state index in [0.29, 0.717) is 38.2 Å². The van der Waals surface area contributed by atoms with Crippen molar-refractivity contribution in [1.82, 2.24) is 14.8 Å². The Bertz CT molecular complexity index is 1090. The highest BCUT2D eigenvalue weighted by Gasteiger charge is 2.30. The lowest BCUT2D eigenvalue weighted by Crippen LogP contribution is -2.45. The molecule has 1 N–H and O–H groups in total. The molecule has 0 saturated carbocycles. The van der Waals surface area contributed by atoms with Crippen LogP contribution in [-0.2, 0) is 11.3 Å². The van der Waals surface area contributed by atoms with Gasteiger partial charge in [0.2, 0.25) is 5.91 Å². The molecule has 1 aliphatic rings. The molecule has 7 heteroatoms. The molecule has 3 aromatic rings. The first kappa shape index (κ1) is 22.4. The third-order valence-electron chi connectivity index (χ3n) is 6.35. The van der Waals surface area contributed by atoms with Gasteiger partial charge in [0.25, 0.3) is 5.91 Å². The van der Waals surface area contributed by atoms with Crippen LogP contribution in [0.1, 0.15) is 49.2 Å². The number of nitrogens with zero attached hydrogens (tertiary/aromatic N) is 2. The van der Waals surface area contributed by atoms with Crippen molar-refractivity contribution in [3.8, 4) is 5.75 Å². The maximum Gasteiger partial charge on any atom is 0.270 e. The number of fused-ring (bicyclic) bond motifs is 1. The fourth-order valence-electron chi connectivity index (χ4n) is 4.23. The summed E-state index contributed by atoms with van der Waals surface area (Å²) in [5.41, 5.74) is 1.79. The maximum atomic E-state index is 13.5. The Morgan fingerprint density at radius 1 is 1.22 bits per heavy atom. The number of nitrogens with one attached hydrogen (secondary N) is 1. The third kappa shape index (κ3) is 4.67. The van der Waals surface area contributed by atoms with Crippen LogP contribution in [0.3, 0.4) is 0 Å². The largest absolute Gasteiger partial charge is 0.497 e. The molecule has 0 aliphatic carbocycles. The first-order chi connectivity index (χ1) is 15.5. The lowest BCUT2D eigenvalue weighted by Gasteiger charge is -2.32. The molecule has 1 aromatic carbocycles. The predicted molar refractivity (Wildman–Crippen MR) is 128 cm³/mol. The minimum Gasteiger partial charge on any atom is -0.497 e. The average molecular weight is 454 g/mol. The molecule has 2 amide bonds. The number of carbonyl (C=O) groups is 2. The number of thiophene rings is 1. The summed E-state index contributed by atoms with van der Waals surface area (Å²) in [6.45, 7) is 5.91. The van der Waals surface area contributed by atoms with Crippen molar-refractivity contribution < 1.29 is 14.3 Å². The summed E-state index contributed by atoms with van der Waals surface area (Å²) in [7, 11) is 1.66. The van der Waals surface area contributed by atoms with Gasteiger partial charge in [-0.1, -0.05) is 19.1 Å². The van der Waals surface area contributed by atoms with Crippen molar-refractivity contribution in [2.75, 3.05) is 20.2 Å². The van der Waals surface area contributed by atoms with Gasteiger partial charge >= 0.3 is 0 Å². The molecule has 6 nitrogen and oxygen atoms in total. The van der Waals surface area contributed by atoms with Gasteiger partial charge in [-0.25, -0.2) is 0 Å². The van der Waals surface area contributed by atoms with Crippen molar-refractivity contribution in [1.29, 1.82) is 0 Å². The normalized spacial score (nSPS) is 15.7. The Morgan fingerprint density at radius 3 is 2.72 bits per heavy atom. The van der Waals surface area contributed by atoms with Gasteiger partial charge in [0.15, 0.2) is 0 Å². The maximum absolute atomic E-state index is 13.5. The topological polar surface area (TPSA) is 63.6 Å². The third-order valence-corrected chi connectivity index (χ3v) is 7.30. The van der Waals surface area contributed by atoms with E-state index in [9.17, 15) is 9.59 Å². The first-order valence-electron chi connectivity index (χ1n) is 11.3. The number of piperidine rings is 1. The SMILES string of the molecule is CC[C@H](C)NC(=O)C1CCN(C(=O)c2cc3ccsc3n2Cc2cccc(OC)c2)CC1. The van der Waals surface area contributed by atoms with E-state index < -0.39 is 0 Å². The summed E-state index contributed by atoms with van der Waals surface area (Å²) in [4.78, 5) is 29.0. The van der Waals surface area contributed by atoms with Crippen LogP contribution in [0.15, 0.2) is 41.8 Å². The predicted octanol–water partition coefficient (Wildman–Crippen LogP) is 4.53. The zero-order valence-electron chi connectivity index (χ0n) is 19.0. The highest BCUT2D eigenvalue weighted by molar-refractivity contribution is 7.16. The summed E-state index contributed by atoms with van der Waals surface area (Å²) in [6, 6.07) is 12.2. The quantitative estimate of drug-likeness (QED) is 0.572. The molecule has 0 radical (unpaired) electrons. The molecular weight excluding hydrogens is 422 g/mol. The number of amides is 2. The average Bonchev–Trinajstić information content (AvgIpc) is 3.41. The van der Waals surface area contributed by atoms with E-state index in [4.69, 9.17) is 4.74 Å². The summed E-state index contributed by atoms with van der Waals surface area (Å²) in [5.74, 6) is 0.952. The zero-order valence-corrected chi connectivity index (χ0v) is 19.8. The van der Waals surface area contributed by atoms with Crippen molar-refractivity contribution in [3.63, 3.8) is 0 Å². The second kappa shape index (κ2) is 9.77. The van der Waals surface area contributed by atoms with Crippen molar-refractivity contribution in [3.05, 3.63) is 53.0 Å². The molecule has 1 fully saturated rings. The van der Waals surface area contributed by atoms with Gasteiger partial charge in [-0.2, -0.15) is 0 Å². The Morgan fingerprint density at radius 2 is 2.00 bits per heavy atom. The summed E-state index contributed by atoms with van der Waals surface area (Å²) >= 11 is 1.65. The number of ether oxygens (including phenoxy) is 1. The first-order valence-corrected chi connectivity index (χ1v) is 12.2. The summed E-state index contributed by atoms with van der Waals surface area (Å²) in [6.07, 6.45) is 2.34. The van der Waals surface area contributed by atoms with Crippen LogP contribution in [0.2, 0.25) is 0 Å². The highest BCUT2D eigenvalue weighted by atomic mass is 32.1. The molecule has 1 aliphatic heterocycles. The van der Waals surface area contributed by atoms with Gasteiger partial charge in [-0.05, 0) is 61.4 Å². The smallest absolute Gasteiger partial charge is 0.270 e. The number of likely N-dealkylation sites (tertiary alicyclic amines) is 1. The Kier molecular flexibility index (Phi) is 6.84. The van der Waals surface area contributed by atoms with E-state index in [-0.39, 0.29) is 23.8 Å². The molecule has 1 saturated heterocycles. The van der Waals surface area contributed by atoms with Crippen molar-refractivity contribution >= 4 is 33.4 Å². The number of benzene rings is 1. The van der Waals surface area contributed by atoms with Gasteiger partial charge in [-0.3, -0.25) is 9.59 Å². The molecule has 3 heterocycles. The number of hydrogen-bond acceptors (Lipinski definition) is 4. The van der Waals surface area contributed by atoms with Crippen LogP contribution in [-0.4, -0.2) is 47.5 Å². The van der Waals surface area contributed by atoms with Crippen molar-refractivity contribution in [2.45, 2.75) is 45.7 Å². The Balaban J connectivity index is 1.50.